The molecule has 2 aromatic carbocycles. The van der Waals surface area contributed by atoms with Gasteiger partial charge in [0.1, 0.15) is 11.5 Å². The maximum absolute atomic E-state index is 12.6. The lowest BCUT2D eigenvalue weighted by Gasteiger charge is -2.29. The Morgan fingerprint density at radius 2 is 1.90 bits per heavy atom. The molecule has 2 amide bonds. The molecule has 3 rings (SSSR count). The van der Waals surface area contributed by atoms with Gasteiger partial charge in [-0.3, -0.25) is 14.4 Å². The second kappa shape index (κ2) is 10.9. The SMILES string of the molecule is CCCN1C(=O)COc2ccc(C(=O)CSCC(=O)Nc3ccc(OCC)cc3)cc21. The molecule has 0 saturated heterocycles. The molecular weight excluding hydrogens is 416 g/mol. The summed E-state index contributed by atoms with van der Waals surface area (Å²) < 4.78 is 10.8. The zero-order valence-corrected chi connectivity index (χ0v) is 18.5. The quantitative estimate of drug-likeness (QED) is 0.564. The Bertz CT molecular complexity index is 945. The molecule has 8 heteroatoms. The summed E-state index contributed by atoms with van der Waals surface area (Å²) in [6.07, 6.45) is 0.808. The van der Waals surface area contributed by atoms with Crippen molar-refractivity contribution in [1.82, 2.24) is 0 Å². The van der Waals surface area contributed by atoms with E-state index in [4.69, 9.17) is 9.47 Å². The molecule has 0 atom stereocenters. The largest absolute Gasteiger partial charge is 0.494 e. The first-order chi connectivity index (χ1) is 15.0. The maximum Gasteiger partial charge on any atom is 0.265 e. The number of hydrogen-bond acceptors (Lipinski definition) is 6. The molecule has 31 heavy (non-hydrogen) atoms. The average Bonchev–Trinajstić information content (AvgIpc) is 2.77. The van der Waals surface area contributed by atoms with E-state index in [0.29, 0.717) is 35.8 Å². The van der Waals surface area contributed by atoms with Crippen molar-refractivity contribution in [2.45, 2.75) is 20.3 Å². The number of rotatable bonds is 10. The molecule has 0 spiro atoms. The van der Waals surface area contributed by atoms with Crippen LogP contribution in [0.1, 0.15) is 30.6 Å². The molecular formula is C23H26N2O5S. The minimum atomic E-state index is -0.180. The average molecular weight is 443 g/mol. The van der Waals surface area contributed by atoms with E-state index < -0.39 is 0 Å². The first kappa shape index (κ1) is 22.7. The van der Waals surface area contributed by atoms with E-state index in [9.17, 15) is 14.4 Å². The molecule has 1 N–H and O–H groups in total. The fraction of sp³-hybridized carbons (Fsp3) is 0.348. The topological polar surface area (TPSA) is 84.9 Å². The highest BCUT2D eigenvalue weighted by Gasteiger charge is 2.25. The van der Waals surface area contributed by atoms with E-state index in [1.807, 2.05) is 13.8 Å². The predicted molar refractivity (Wildman–Crippen MR) is 122 cm³/mol. The molecule has 7 nitrogen and oxygen atoms in total. The van der Waals surface area contributed by atoms with Gasteiger partial charge in [0.25, 0.3) is 5.91 Å². The van der Waals surface area contributed by atoms with Crippen LogP contribution in [0.25, 0.3) is 0 Å². The van der Waals surface area contributed by atoms with Gasteiger partial charge in [-0.05, 0) is 55.8 Å². The first-order valence-electron chi connectivity index (χ1n) is 10.2. The number of hydrogen-bond donors (Lipinski definition) is 1. The minimum absolute atomic E-state index is 0.0135. The maximum atomic E-state index is 12.6. The fourth-order valence-corrected chi connectivity index (χ4v) is 3.87. The highest BCUT2D eigenvalue weighted by Crippen LogP contribution is 2.33. The number of carbonyl (C=O) groups is 3. The number of fused-ring (bicyclic) bond motifs is 1. The van der Waals surface area contributed by atoms with Gasteiger partial charge in [0.2, 0.25) is 5.91 Å². The lowest BCUT2D eigenvalue weighted by atomic mass is 10.1. The second-order valence-corrected chi connectivity index (χ2v) is 7.92. The van der Waals surface area contributed by atoms with Crippen molar-refractivity contribution < 1.29 is 23.9 Å². The summed E-state index contributed by atoms with van der Waals surface area (Å²) in [7, 11) is 0. The Balaban J connectivity index is 1.52. The lowest BCUT2D eigenvalue weighted by molar-refractivity contribution is -0.121. The molecule has 0 saturated carbocycles. The minimum Gasteiger partial charge on any atom is -0.494 e. The second-order valence-electron chi connectivity index (χ2n) is 6.94. The summed E-state index contributed by atoms with van der Waals surface area (Å²) in [6.45, 7) is 5.08. The van der Waals surface area contributed by atoms with Crippen molar-refractivity contribution in [3.05, 3.63) is 48.0 Å². The molecule has 0 aliphatic carbocycles. The van der Waals surface area contributed by atoms with Crippen molar-refractivity contribution in [2.24, 2.45) is 0 Å². The molecule has 0 fully saturated rings. The Morgan fingerprint density at radius 3 is 2.61 bits per heavy atom. The Morgan fingerprint density at radius 1 is 1.13 bits per heavy atom. The molecule has 0 bridgehead atoms. The van der Waals surface area contributed by atoms with Crippen LogP contribution in [0.4, 0.5) is 11.4 Å². The summed E-state index contributed by atoms with van der Waals surface area (Å²) in [5, 5.41) is 2.80. The molecule has 0 aromatic heterocycles. The monoisotopic (exact) mass is 442 g/mol. The van der Waals surface area contributed by atoms with Gasteiger partial charge >= 0.3 is 0 Å². The molecule has 0 radical (unpaired) electrons. The van der Waals surface area contributed by atoms with Crippen molar-refractivity contribution >= 4 is 40.7 Å². The van der Waals surface area contributed by atoms with Crippen molar-refractivity contribution in [2.75, 3.05) is 41.5 Å². The van der Waals surface area contributed by atoms with Crippen molar-refractivity contribution in [3.63, 3.8) is 0 Å². The number of Topliss-reactive ketones (excluding diaryl/α,β-unsaturated/α-hetero) is 1. The summed E-state index contributed by atoms with van der Waals surface area (Å²) in [6, 6.07) is 12.3. The van der Waals surface area contributed by atoms with E-state index in [1.165, 1.54) is 11.8 Å². The van der Waals surface area contributed by atoms with Gasteiger partial charge in [0.05, 0.1) is 23.8 Å². The summed E-state index contributed by atoms with van der Waals surface area (Å²) in [5.41, 5.74) is 1.80. The molecule has 1 aliphatic rings. The number of thioether (sulfide) groups is 1. The van der Waals surface area contributed by atoms with Crippen LogP contribution in [0.3, 0.4) is 0 Å². The Labute approximate surface area is 186 Å². The molecule has 1 heterocycles. The number of nitrogens with zero attached hydrogens (tertiary/aromatic N) is 1. The Hall–Kier alpha value is -3.00. The van der Waals surface area contributed by atoms with Crippen LogP contribution in [0.5, 0.6) is 11.5 Å². The highest BCUT2D eigenvalue weighted by molar-refractivity contribution is 8.00. The van der Waals surface area contributed by atoms with Crippen LogP contribution < -0.4 is 19.7 Å². The van der Waals surface area contributed by atoms with Gasteiger partial charge in [-0.15, -0.1) is 11.8 Å². The predicted octanol–water partition coefficient (Wildman–Crippen LogP) is 3.78. The van der Waals surface area contributed by atoms with E-state index in [0.717, 1.165) is 12.2 Å². The third-order valence-electron chi connectivity index (χ3n) is 4.59. The molecule has 164 valence electrons. The molecule has 0 unspecified atom stereocenters. The van der Waals surface area contributed by atoms with Crippen LogP contribution >= 0.6 is 11.8 Å². The van der Waals surface area contributed by atoms with Crippen LogP contribution in [0.15, 0.2) is 42.5 Å². The summed E-state index contributed by atoms with van der Waals surface area (Å²) in [5.74, 6) is 1.28. The van der Waals surface area contributed by atoms with Crippen LogP contribution in [0.2, 0.25) is 0 Å². The smallest absolute Gasteiger partial charge is 0.265 e. The normalized spacial score (nSPS) is 12.7. The Kier molecular flexibility index (Phi) is 7.94. The van der Waals surface area contributed by atoms with Crippen molar-refractivity contribution in [3.8, 4) is 11.5 Å². The standard InChI is InChI=1S/C23H26N2O5S/c1-3-11-25-19-12-16(5-10-21(19)30-13-23(25)28)20(26)14-31-15-22(27)24-17-6-8-18(9-7-17)29-4-2/h5-10,12H,3-4,11,13-15H2,1-2H3,(H,24,27). The fourth-order valence-electron chi connectivity index (χ4n) is 3.16. The number of anilines is 2. The third kappa shape index (κ3) is 6.01. The van der Waals surface area contributed by atoms with Gasteiger partial charge in [-0.1, -0.05) is 6.92 Å². The van der Waals surface area contributed by atoms with Crippen LogP contribution in [-0.2, 0) is 9.59 Å². The van der Waals surface area contributed by atoms with Crippen LogP contribution in [-0.4, -0.2) is 48.9 Å². The van der Waals surface area contributed by atoms with Crippen LogP contribution in [0, 0.1) is 0 Å². The van der Waals surface area contributed by atoms with E-state index in [-0.39, 0.29) is 35.7 Å². The number of ether oxygens (including phenoxy) is 2. The molecule has 1 aliphatic heterocycles. The van der Waals surface area contributed by atoms with Crippen molar-refractivity contribution in [1.29, 1.82) is 0 Å². The lowest BCUT2D eigenvalue weighted by Crippen LogP contribution is -2.39. The number of carbonyl (C=O) groups excluding carboxylic acids is 3. The zero-order chi connectivity index (χ0) is 22.2. The van der Waals surface area contributed by atoms with Gasteiger partial charge in [-0.2, -0.15) is 0 Å². The number of amides is 2. The van der Waals surface area contributed by atoms with Gasteiger partial charge in [0, 0.05) is 17.8 Å². The van der Waals surface area contributed by atoms with E-state index in [1.54, 1.807) is 47.4 Å². The first-order valence-corrected chi connectivity index (χ1v) is 11.4. The summed E-state index contributed by atoms with van der Waals surface area (Å²) in [4.78, 5) is 38.5. The van der Waals surface area contributed by atoms with E-state index in [2.05, 4.69) is 5.32 Å². The highest BCUT2D eigenvalue weighted by atomic mass is 32.2. The number of benzene rings is 2. The molecule has 2 aromatic rings. The van der Waals surface area contributed by atoms with Gasteiger partial charge in [-0.25, -0.2) is 0 Å². The van der Waals surface area contributed by atoms with E-state index >= 15 is 0 Å². The van der Waals surface area contributed by atoms with Gasteiger partial charge < -0.3 is 19.7 Å². The number of ketones is 1. The third-order valence-corrected chi connectivity index (χ3v) is 5.52. The number of nitrogens with one attached hydrogen (secondary N) is 1. The zero-order valence-electron chi connectivity index (χ0n) is 17.7. The van der Waals surface area contributed by atoms with Gasteiger partial charge in [0.15, 0.2) is 12.4 Å². The summed E-state index contributed by atoms with van der Waals surface area (Å²) >= 11 is 1.25.